The first kappa shape index (κ1) is 24.5. The van der Waals surface area contributed by atoms with E-state index in [9.17, 15) is 0 Å². The molecule has 4 rings (SSSR count). The second-order valence-corrected chi connectivity index (χ2v) is 9.82. The minimum atomic E-state index is 0.231. The maximum atomic E-state index is 4.65. The average molecular weight is 455 g/mol. The Kier molecular flexibility index (Phi) is 7.88. The molecule has 0 aliphatic rings. The Morgan fingerprint density at radius 2 is 1.55 bits per heavy atom. The van der Waals surface area contributed by atoms with Crippen molar-refractivity contribution in [3.05, 3.63) is 113 Å². The number of nitrogens with one attached hydrogen (secondary N) is 1. The fourth-order valence-electron chi connectivity index (χ4n) is 3.68. The van der Waals surface area contributed by atoms with Gasteiger partial charge in [-0.2, -0.15) is 0 Å². The molecule has 0 bridgehead atoms. The minimum Gasteiger partial charge on any atom is -0.335 e. The van der Waals surface area contributed by atoms with E-state index in [0.717, 1.165) is 32.2 Å². The van der Waals surface area contributed by atoms with Gasteiger partial charge in [-0.15, -0.1) is 0 Å². The quantitative estimate of drug-likeness (QED) is 0.325. The van der Waals surface area contributed by atoms with Crippen LogP contribution in [0.3, 0.4) is 0 Å². The highest BCUT2D eigenvalue weighted by molar-refractivity contribution is 7.22. The summed E-state index contributed by atoms with van der Waals surface area (Å²) in [5.74, 6) is 0.231. The fraction of sp³-hybridized carbons (Fsp3) is 0.233. The molecule has 4 aromatic rings. The summed E-state index contributed by atoms with van der Waals surface area (Å²) in [6, 6.07) is 21.1. The van der Waals surface area contributed by atoms with Crippen LogP contribution in [0.25, 0.3) is 15.8 Å². The Bertz CT molecular complexity index is 1260. The molecular weight excluding hydrogens is 420 g/mol. The third kappa shape index (κ3) is 6.21. The van der Waals surface area contributed by atoms with Crippen LogP contribution in [-0.4, -0.2) is 4.98 Å². The van der Waals surface area contributed by atoms with Crippen LogP contribution in [0.15, 0.2) is 79.5 Å². The second kappa shape index (κ2) is 10.6. The van der Waals surface area contributed by atoms with Crippen LogP contribution in [0, 0.1) is 27.7 Å². The Morgan fingerprint density at radius 3 is 2.15 bits per heavy atom. The third-order valence-electron chi connectivity index (χ3n) is 6.04. The van der Waals surface area contributed by atoms with Gasteiger partial charge in [0, 0.05) is 11.6 Å². The first-order valence-corrected chi connectivity index (χ1v) is 12.1. The van der Waals surface area contributed by atoms with Gasteiger partial charge in [0.15, 0.2) is 5.13 Å². The maximum absolute atomic E-state index is 4.65. The van der Waals surface area contributed by atoms with Crippen LogP contribution >= 0.6 is 11.3 Å². The van der Waals surface area contributed by atoms with Gasteiger partial charge in [-0.05, 0) is 74.6 Å². The Morgan fingerprint density at radius 1 is 0.909 bits per heavy atom. The standard InChI is InChI=1S/C20H20N2S.C10H14/c1-13(2)17-10-11-18-19(12-17)23-20(22-18)21-15(4)14(3)16-8-6-5-7-9-16;1-7-5-8(2)10(4)9(3)6-7/h5-12,14H,1,4H2,2-3H3,(H,21,22);5-6H,1-4H3. The minimum absolute atomic E-state index is 0.231. The summed E-state index contributed by atoms with van der Waals surface area (Å²) in [4.78, 5) is 4.65. The summed E-state index contributed by atoms with van der Waals surface area (Å²) in [7, 11) is 0. The van der Waals surface area contributed by atoms with Crippen molar-refractivity contribution in [3.8, 4) is 0 Å². The van der Waals surface area contributed by atoms with E-state index >= 15 is 0 Å². The number of anilines is 1. The first-order valence-electron chi connectivity index (χ1n) is 11.3. The molecule has 3 heteroatoms. The number of benzene rings is 3. The largest absolute Gasteiger partial charge is 0.335 e. The van der Waals surface area contributed by atoms with E-state index in [-0.39, 0.29) is 5.92 Å². The molecule has 0 aliphatic heterocycles. The molecule has 1 N–H and O–H groups in total. The van der Waals surface area contributed by atoms with Crippen molar-refractivity contribution in [2.75, 3.05) is 5.32 Å². The van der Waals surface area contributed by atoms with Crippen LogP contribution in [0.2, 0.25) is 0 Å². The lowest BCUT2D eigenvalue weighted by Gasteiger charge is -2.15. The van der Waals surface area contributed by atoms with E-state index in [4.69, 9.17) is 0 Å². The number of nitrogens with zero attached hydrogens (tertiary/aromatic N) is 1. The third-order valence-corrected chi connectivity index (χ3v) is 6.98. The average Bonchev–Trinajstić information content (AvgIpc) is 3.19. The van der Waals surface area contributed by atoms with Crippen molar-refractivity contribution in [3.63, 3.8) is 0 Å². The highest BCUT2D eigenvalue weighted by atomic mass is 32.1. The highest BCUT2D eigenvalue weighted by Gasteiger charge is 2.12. The molecule has 0 saturated heterocycles. The van der Waals surface area contributed by atoms with Crippen LogP contribution in [0.4, 0.5) is 5.13 Å². The molecule has 3 aromatic carbocycles. The zero-order valence-corrected chi connectivity index (χ0v) is 21.4. The molecule has 0 amide bonds. The maximum Gasteiger partial charge on any atom is 0.188 e. The van der Waals surface area contributed by atoms with Crippen LogP contribution < -0.4 is 5.32 Å². The summed E-state index contributed by atoms with van der Waals surface area (Å²) in [6.07, 6.45) is 0. The van der Waals surface area contributed by atoms with Gasteiger partial charge in [-0.1, -0.05) is 91.1 Å². The van der Waals surface area contributed by atoms with Crippen LogP contribution in [-0.2, 0) is 0 Å². The fourth-order valence-corrected chi connectivity index (χ4v) is 4.62. The van der Waals surface area contributed by atoms with E-state index in [1.54, 1.807) is 11.3 Å². The van der Waals surface area contributed by atoms with Crippen molar-refractivity contribution in [2.24, 2.45) is 0 Å². The highest BCUT2D eigenvalue weighted by Crippen LogP contribution is 2.31. The zero-order chi connectivity index (χ0) is 24.1. The smallest absolute Gasteiger partial charge is 0.188 e. The number of rotatable bonds is 5. The van der Waals surface area contributed by atoms with Gasteiger partial charge in [0.25, 0.3) is 0 Å². The van der Waals surface area contributed by atoms with Gasteiger partial charge in [0.05, 0.1) is 10.2 Å². The first-order chi connectivity index (χ1) is 15.7. The molecule has 1 aromatic heterocycles. The van der Waals surface area contributed by atoms with E-state index in [0.29, 0.717) is 0 Å². The summed E-state index contributed by atoms with van der Waals surface area (Å²) < 4.78 is 1.16. The molecule has 0 spiro atoms. The number of hydrogen-bond acceptors (Lipinski definition) is 3. The molecule has 170 valence electrons. The molecule has 0 radical (unpaired) electrons. The predicted molar refractivity (Wildman–Crippen MR) is 147 cm³/mol. The lowest BCUT2D eigenvalue weighted by atomic mass is 9.99. The summed E-state index contributed by atoms with van der Waals surface area (Å²) >= 11 is 1.65. The van der Waals surface area contributed by atoms with Crippen LogP contribution in [0.5, 0.6) is 0 Å². The van der Waals surface area contributed by atoms with Crippen molar-refractivity contribution in [1.29, 1.82) is 0 Å². The van der Waals surface area contributed by atoms with Gasteiger partial charge < -0.3 is 5.32 Å². The van der Waals surface area contributed by atoms with E-state index < -0.39 is 0 Å². The molecular formula is C30H34N2S. The number of aromatic nitrogens is 1. The Hall–Kier alpha value is -3.17. The molecule has 1 heterocycles. The lowest BCUT2D eigenvalue weighted by Crippen LogP contribution is -2.06. The summed E-state index contributed by atoms with van der Waals surface area (Å²) in [5, 5.41) is 4.25. The molecule has 1 atom stereocenters. The van der Waals surface area contributed by atoms with Gasteiger partial charge in [0.2, 0.25) is 0 Å². The van der Waals surface area contributed by atoms with Gasteiger partial charge in [0.1, 0.15) is 0 Å². The summed E-state index contributed by atoms with van der Waals surface area (Å²) in [5.41, 5.74) is 11.0. The molecule has 2 nitrogen and oxygen atoms in total. The topological polar surface area (TPSA) is 24.9 Å². The number of thiazole rings is 1. The van der Waals surface area contributed by atoms with Crippen molar-refractivity contribution >= 4 is 32.3 Å². The number of aryl methyl sites for hydroxylation is 3. The Labute approximate surface area is 202 Å². The Balaban J connectivity index is 0.000000257. The molecule has 33 heavy (non-hydrogen) atoms. The monoisotopic (exact) mass is 454 g/mol. The lowest BCUT2D eigenvalue weighted by molar-refractivity contribution is 0.903. The number of fused-ring (bicyclic) bond motifs is 1. The number of hydrogen-bond donors (Lipinski definition) is 1. The van der Waals surface area contributed by atoms with E-state index in [1.165, 1.54) is 27.8 Å². The normalized spacial score (nSPS) is 11.5. The van der Waals surface area contributed by atoms with Crippen molar-refractivity contribution in [2.45, 2.75) is 47.5 Å². The van der Waals surface area contributed by atoms with Gasteiger partial charge >= 0.3 is 0 Å². The molecule has 1 unspecified atom stereocenters. The van der Waals surface area contributed by atoms with Gasteiger partial charge in [-0.3, -0.25) is 0 Å². The molecule has 0 fully saturated rings. The zero-order valence-electron chi connectivity index (χ0n) is 20.6. The van der Waals surface area contributed by atoms with Crippen molar-refractivity contribution in [1.82, 2.24) is 4.98 Å². The summed E-state index contributed by atoms with van der Waals surface area (Å²) in [6.45, 7) is 21.0. The second-order valence-electron chi connectivity index (χ2n) is 8.79. The van der Waals surface area contributed by atoms with Crippen LogP contribution in [0.1, 0.15) is 53.1 Å². The van der Waals surface area contributed by atoms with E-state index in [1.807, 2.05) is 19.1 Å². The van der Waals surface area contributed by atoms with Crippen molar-refractivity contribution < 1.29 is 0 Å². The SMILES string of the molecule is C=C(C)c1ccc2nc(NC(=C)C(C)c3ccccc3)sc2c1.Cc1cc(C)c(C)c(C)c1. The molecule has 0 aliphatic carbocycles. The van der Waals surface area contributed by atoms with Gasteiger partial charge in [-0.25, -0.2) is 4.98 Å². The number of allylic oxidation sites excluding steroid dienone is 2. The predicted octanol–water partition coefficient (Wildman–Crippen LogP) is 8.98. The van der Waals surface area contributed by atoms with E-state index in [2.05, 4.69) is 107 Å². The molecule has 0 saturated carbocycles.